The van der Waals surface area contributed by atoms with Crippen LogP contribution < -0.4 is 10.6 Å². The van der Waals surface area contributed by atoms with E-state index in [0.29, 0.717) is 12.4 Å². The molecule has 1 amide bonds. The van der Waals surface area contributed by atoms with E-state index in [-0.39, 0.29) is 11.8 Å². The zero-order chi connectivity index (χ0) is 18.3. The van der Waals surface area contributed by atoms with Crippen LogP contribution in [-0.4, -0.2) is 43.7 Å². The minimum absolute atomic E-state index is 0.157. The predicted molar refractivity (Wildman–Crippen MR) is 98.4 cm³/mol. The van der Waals surface area contributed by atoms with E-state index in [2.05, 4.69) is 15.0 Å². The summed E-state index contributed by atoms with van der Waals surface area (Å²) in [6.07, 6.45) is 5.18. The summed E-state index contributed by atoms with van der Waals surface area (Å²) in [4.78, 5) is 27.5. The van der Waals surface area contributed by atoms with Gasteiger partial charge in [-0.15, -0.1) is 0 Å². The molecule has 1 unspecified atom stereocenters. The van der Waals surface area contributed by atoms with Crippen LogP contribution in [0.4, 0.5) is 5.82 Å². The second-order valence-electron chi connectivity index (χ2n) is 6.70. The highest BCUT2D eigenvalue weighted by atomic mass is 16.1. The van der Waals surface area contributed by atoms with Crippen molar-refractivity contribution in [3.8, 4) is 11.4 Å². The van der Waals surface area contributed by atoms with Crippen LogP contribution >= 0.6 is 0 Å². The van der Waals surface area contributed by atoms with E-state index in [1.807, 2.05) is 26.1 Å². The fourth-order valence-corrected chi connectivity index (χ4v) is 3.58. The van der Waals surface area contributed by atoms with Gasteiger partial charge in [-0.3, -0.25) is 14.5 Å². The highest BCUT2D eigenvalue weighted by molar-refractivity contribution is 5.91. The smallest absolute Gasteiger partial charge is 0.222 e. The molecule has 26 heavy (non-hydrogen) atoms. The van der Waals surface area contributed by atoms with Crippen LogP contribution in [0.1, 0.15) is 18.5 Å². The molecule has 1 saturated heterocycles. The highest BCUT2D eigenvalue weighted by Crippen LogP contribution is 2.32. The number of piperidine rings is 1. The minimum Gasteiger partial charge on any atom is -0.369 e. The Bertz CT molecular complexity index is 967. The molecule has 4 heterocycles. The van der Waals surface area contributed by atoms with E-state index in [1.165, 1.54) is 0 Å². The van der Waals surface area contributed by atoms with Gasteiger partial charge in [-0.05, 0) is 31.9 Å². The first-order valence-corrected chi connectivity index (χ1v) is 8.70. The topological polar surface area (TPSA) is 103 Å². The summed E-state index contributed by atoms with van der Waals surface area (Å²) in [5.74, 6) is 1.03. The maximum Gasteiger partial charge on any atom is 0.222 e. The van der Waals surface area contributed by atoms with Crippen molar-refractivity contribution in [3.05, 3.63) is 30.2 Å². The molecular formula is C18H21N7O. The van der Waals surface area contributed by atoms with Crippen LogP contribution in [0.15, 0.2) is 24.5 Å². The fourth-order valence-electron chi connectivity index (χ4n) is 3.58. The largest absolute Gasteiger partial charge is 0.369 e. The van der Waals surface area contributed by atoms with Gasteiger partial charge in [0.05, 0.1) is 17.0 Å². The van der Waals surface area contributed by atoms with E-state index < -0.39 is 0 Å². The van der Waals surface area contributed by atoms with Gasteiger partial charge in [0.2, 0.25) is 5.91 Å². The second-order valence-corrected chi connectivity index (χ2v) is 6.70. The van der Waals surface area contributed by atoms with Gasteiger partial charge in [0.15, 0.2) is 11.5 Å². The van der Waals surface area contributed by atoms with Gasteiger partial charge in [-0.2, -0.15) is 5.10 Å². The van der Waals surface area contributed by atoms with E-state index in [4.69, 9.17) is 15.7 Å². The zero-order valence-corrected chi connectivity index (χ0v) is 14.9. The summed E-state index contributed by atoms with van der Waals surface area (Å²) in [6.45, 7) is 3.36. The molecule has 0 spiro atoms. The first-order chi connectivity index (χ1) is 12.5. The third-order valence-corrected chi connectivity index (χ3v) is 4.90. The molecule has 8 heteroatoms. The van der Waals surface area contributed by atoms with E-state index in [9.17, 15) is 4.79 Å². The first-order valence-electron chi connectivity index (χ1n) is 8.70. The first kappa shape index (κ1) is 16.4. The molecule has 1 atom stereocenters. The number of aryl methyl sites for hydroxylation is 2. The minimum atomic E-state index is -0.253. The molecule has 134 valence electrons. The number of hydrogen-bond donors (Lipinski definition) is 1. The number of aromatic nitrogens is 5. The molecule has 0 bridgehead atoms. The van der Waals surface area contributed by atoms with E-state index in [1.54, 1.807) is 17.1 Å². The number of fused-ring (bicyclic) bond motifs is 1. The Morgan fingerprint density at radius 3 is 2.77 bits per heavy atom. The molecule has 2 N–H and O–H groups in total. The number of pyridine rings is 1. The van der Waals surface area contributed by atoms with Crippen molar-refractivity contribution in [1.29, 1.82) is 0 Å². The normalized spacial score (nSPS) is 17.6. The molecule has 1 fully saturated rings. The van der Waals surface area contributed by atoms with Crippen LogP contribution in [0.25, 0.3) is 22.4 Å². The lowest BCUT2D eigenvalue weighted by Crippen LogP contribution is -2.41. The number of carbonyl (C=O) groups is 1. The van der Waals surface area contributed by atoms with Crippen molar-refractivity contribution in [2.75, 3.05) is 18.0 Å². The molecule has 8 nitrogen and oxygen atoms in total. The van der Waals surface area contributed by atoms with Gasteiger partial charge in [-0.1, -0.05) is 0 Å². The van der Waals surface area contributed by atoms with Gasteiger partial charge in [-0.25, -0.2) is 9.97 Å². The van der Waals surface area contributed by atoms with Gasteiger partial charge in [0, 0.05) is 38.1 Å². The van der Waals surface area contributed by atoms with Crippen molar-refractivity contribution >= 4 is 22.8 Å². The highest BCUT2D eigenvalue weighted by Gasteiger charge is 2.28. The number of carbonyl (C=O) groups excluding carboxylic acids is 1. The van der Waals surface area contributed by atoms with Crippen molar-refractivity contribution in [2.45, 2.75) is 19.8 Å². The summed E-state index contributed by atoms with van der Waals surface area (Å²) in [5.41, 5.74) is 8.10. The van der Waals surface area contributed by atoms with Crippen molar-refractivity contribution < 1.29 is 4.79 Å². The number of anilines is 1. The fraction of sp³-hybridized carbons (Fsp3) is 0.389. The van der Waals surface area contributed by atoms with Crippen LogP contribution in [0.5, 0.6) is 0 Å². The average Bonchev–Trinajstić information content (AvgIpc) is 2.96. The summed E-state index contributed by atoms with van der Waals surface area (Å²) >= 11 is 0. The number of nitrogens with zero attached hydrogens (tertiary/aromatic N) is 6. The molecule has 0 aromatic carbocycles. The third kappa shape index (κ3) is 2.77. The molecule has 3 aromatic heterocycles. The Balaban J connectivity index is 1.88. The van der Waals surface area contributed by atoms with Gasteiger partial charge in [0.1, 0.15) is 5.82 Å². The number of rotatable bonds is 3. The van der Waals surface area contributed by atoms with E-state index in [0.717, 1.165) is 47.5 Å². The summed E-state index contributed by atoms with van der Waals surface area (Å²) < 4.78 is 1.77. The predicted octanol–water partition coefficient (Wildman–Crippen LogP) is 1.44. The molecule has 1 aliphatic rings. The molecule has 0 saturated carbocycles. The lowest BCUT2D eigenvalue weighted by molar-refractivity contribution is -0.122. The summed E-state index contributed by atoms with van der Waals surface area (Å²) in [6, 6.07) is 3.77. The van der Waals surface area contributed by atoms with Crippen LogP contribution in [-0.2, 0) is 11.8 Å². The molecule has 4 rings (SSSR count). The Kier molecular flexibility index (Phi) is 4.02. The standard InChI is InChI=1S/C18H21N7O/c1-11-14-17(24(2)23-11)21-16(12-5-7-20-8-6-12)22-18(14)25-9-3-4-13(10-25)15(19)26/h5-8,13H,3-4,9-10H2,1-2H3,(H2,19,26). The molecule has 1 aliphatic heterocycles. The third-order valence-electron chi connectivity index (χ3n) is 4.90. The molecule has 0 aliphatic carbocycles. The number of hydrogen-bond acceptors (Lipinski definition) is 6. The quantitative estimate of drug-likeness (QED) is 0.766. The zero-order valence-electron chi connectivity index (χ0n) is 14.9. The summed E-state index contributed by atoms with van der Waals surface area (Å²) in [5, 5.41) is 5.44. The SMILES string of the molecule is Cc1nn(C)c2nc(-c3ccncc3)nc(N3CCCC(C(N)=O)C3)c12. The lowest BCUT2D eigenvalue weighted by atomic mass is 9.97. The van der Waals surface area contributed by atoms with Gasteiger partial charge in [0.25, 0.3) is 0 Å². The van der Waals surface area contributed by atoms with E-state index >= 15 is 0 Å². The van der Waals surface area contributed by atoms with Gasteiger partial charge < -0.3 is 10.6 Å². The Morgan fingerprint density at radius 2 is 2.04 bits per heavy atom. The number of nitrogens with two attached hydrogens (primary N) is 1. The Morgan fingerprint density at radius 1 is 1.27 bits per heavy atom. The number of amides is 1. The van der Waals surface area contributed by atoms with Crippen molar-refractivity contribution in [2.24, 2.45) is 18.7 Å². The maximum absolute atomic E-state index is 11.7. The monoisotopic (exact) mass is 351 g/mol. The van der Waals surface area contributed by atoms with Crippen LogP contribution in [0.2, 0.25) is 0 Å². The molecule has 0 radical (unpaired) electrons. The van der Waals surface area contributed by atoms with Crippen LogP contribution in [0, 0.1) is 12.8 Å². The Labute approximate surface area is 151 Å². The average molecular weight is 351 g/mol. The second kappa shape index (κ2) is 6.36. The summed E-state index contributed by atoms with van der Waals surface area (Å²) in [7, 11) is 1.88. The van der Waals surface area contributed by atoms with Crippen molar-refractivity contribution in [3.63, 3.8) is 0 Å². The molecular weight excluding hydrogens is 330 g/mol. The Hall–Kier alpha value is -3.03. The lowest BCUT2D eigenvalue weighted by Gasteiger charge is -2.32. The van der Waals surface area contributed by atoms with Crippen molar-refractivity contribution in [1.82, 2.24) is 24.7 Å². The molecule has 3 aromatic rings. The number of primary amides is 1. The van der Waals surface area contributed by atoms with Gasteiger partial charge >= 0.3 is 0 Å². The maximum atomic E-state index is 11.7. The van der Waals surface area contributed by atoms with Crippen LogP contribution in [0.3, 0.4) is 0 Å².